The molecular weight excluding hydrogens is 371 g/mol. The largest absolute Gasteiger partial charge is 0.357 e. The molecule has 2 N–H and O–H groups in total. The number of anilines is 1. The van der Waals surface area contributed by atoms with Crippen molar-refractivity contribution in [1.82, 2.24) is 15.6 Å². The zero-order chi connectivity index (χ0) is 16.4. The van der Waals surface area contributed by atoms with Gasteiger partial charge in [-0.25, -0.2) is 4.98 Å². The van der Waals surface area contributed by atoms with E-state index in [1.807, 2.05) is 6.20 Å². The van der Waals surface area contributed by atoms with Crippen LogP contribution in [0, 0.1) is 11.3 Å². The second-order valence-corrected chi connectivity index (χ2v) is 7.66. The Bertz CT molecular complexity index is 584. The first kappa shape index (κ1) is 21.3. The van der Waals surface area contributed by atoms with Crippen LogP contribution in [0.5, 0.6) is 0 Å². The van der Waals surface area contributed by atoms with Crippen LogP contribution in [-0.4, -0.2) is 37.1 Å². The number of pyridine rings is 1. The number of halogens is 2. The van der Waals surface area contributed by atoms with Crippen LogP contribution in [0.15, 0.2) is 18.3 Å². The second kappa shape index (κ2) is 9.25. The lowest BCUT2D eigenvalue weighted by Crippen LogP contribution is -2.33. The zero-order valence-corrected chi connectivity index (χ0v) is 16.8. The number of nitrogens with one attached hydrogen (secondary N) is 2. The smallest absolute Gasteiger partial charge is 0.223 e. The van der Waals surface area contributed by atoms with Gasteiger partial charge in [-0.05, 0) is 68.7 Å². The minimum absolute atomic E-state index is 0. The number of rotatable bonds is 4. The molecule has 7 heteroatoms. The van der Waals surface area contributed by atoms with Gasteiger partial charge in [0.05, 0.1) is 0 Å². The molecule has 2 saturated heterocycles. The molecule has 1 aromatic heterocycles. The summed E-state index contributed by atoms with van der Waals surface area (Å²) in [4.78, 5) is 19.4. The van der Waals surface area contributed by atoms with Crippen LogP contribution in [0.4, 0.5) is 5.82 Å². The van der Waals surface area contributed by atoms with Gasteiger partial charge in [-0.3, -0.25) is 4.79 Å². The number of carbonyl (C=O) groups excluding carboxylic acids is 1. The molecule has 1 aromatic rings. The normalized spacial score (nSPS) is 23.5. The molecule has 0 bridgehead atoms. The molecule has 1 saturated carbocycles. The summed E-state index contributed by atoms with van der Waals surface area (Å²) in [5.74, 6) is 1.54. The summed E-state index contributed by atoms with van der Waals surface area (Å²) >= 11 is 0. The maximum Gasteiger partial charge on any atom is 0.223 e. The Balaban J connectivity index is 0.00000121. The number of nitrogens with zero attached hydrogens (tertiary/aromatic N) is 2. The third-order valence-corrected chi connectivity index (χ3v) is 6.06. The number of hydrogen-bond donors (Lipinski definition) is 2. The lowest BCUT2D eigenvalue weighted by Gasteiger charge is -2.27. The summed E-state index contributed by atoms with van der Waals surface area (Å²) in [6.45, 7) is 4.94. The van der Waals surface area contributed by atoms with E-state index in [1.165, 1.54) is 19.3 Å². The summed E-state index contributed by atoms with van der Waals surface area (Å²) in [5.41, 5.74) is 1.40. The summed E-state index contributed by atoms with van der Waals surface area (Å²) < 4.78 is 0. The van der Waals surface area contributed by atoms with E-state index in [1.54, 1.807) is 0 Å². The van der Waals surface area contributed by atoms with Crippen molar-refractivity contribution >= 4 is 36.5 Å². The maximum atomic E-state index is 12.4. The summed E-state index contributed by atoms with van der Waals surface area (Å²) in [6.07, 6.45) is 9.15. The molecule has 146 valence electrons. The number of piperidine rings is 2. The first-order chi connectivity index (χ1) is 11.8. The first-order valence-corrected chi connectivity index (χ1v) is 9.45. The predicted molar refractivity (Wildman–Crippen MR) is 109 cm³/mol. The van der Waals surface area contributed by atoms with Crippen LogP contribution < -0.4 is 15.5 Å². The van der Waals surface area contributed by atoms with Crippen LogP contribution in [0.3, 0.4) is 0 Å². The highest BCUT2D eigenvalue weighted by Crippen LogP contribution is 2.58. The monoisotopic (exact) mass is 400 g/mol. The van der Waals surface area contributed by atoms with Gasteiger partial charge in [-0.2, -0.15) is 0 Å². The third-order valence-electron chi connectivity index (χ3n) is 6.06. The van der Waals surface area contributed by atoms with Gasteiger partial charge in [0.15, 0.2) is 0 Å². The van der Waals surface area contributed by atoms with Gasteiger partial charge in [-0.15, -0.1) is 24.8 Å². The quantitative estimate of drug-likeness (QED) is 0.815. The molecule has 4 rings (SSSR count). The molecule has 5 nitrogen and oxygen atoms in total. The van der Waals surface area contributed by atoms with E-state index >= 15 is 0 Å². The van der Waals surface area contributed by atoms with Crippen molar-refractivity contribution in [2.75, 3.05) is 31.1 Å². The average Bonchev–Trinajstić information content (AvgIpc) is 3.34. The van der Waals surface area contributed by atoms with Gasteiger partial charge in [0.2, 0.25) is 5.91 Å². The van der Waals surface area contributed by atoms with Crippen molar-refractivity contribution < 1.29 is 4.79 Å². The van der Waals surface area contributed by atoms with Crippen molar-refractivity contribution in [2.24, 2.45) is 11.3 Å². The summed E-state index contributed by atoms with van der Waals surface area (Å²) in [6, 6.07) is 4.20. The number of carbonyl (C=O) groups is 1. The molecule has 26 heavy (non-hydrogen) atoms. The fraction of sp³-hybridized carbons (Fsp3) is 0.684. The molecule has 3 aliphatic rings. The zero-order valence-electron chi connectivity index (χ0n) is 15.2. The van der Waals surface area contributed by atoms with Crippen molar-refractivity contribution in [3.8, 4) is 0 Å². The van der Waals surface area contributed by atoms with Crippen LogP contribution in [0.25, 0.3) is 0 Å². The topological polar surface area (TPSA) is 57.3 Å². The Morgan fingerprint density at radius 3 is 2.58 bits per heavy atom. The lowest BCUT2D eigenvalue weighted by atomic mass is 9.92. The molecule has 2 aliphatic heterocycles. The molecule has 1 atom stereocenters. The fourth-order valence-corrected chi connectivity index (χ4v) is 4.34. The molecule has 3 fully saturated rings. The summed E-state index contributed by atoms with van der Waals surface area (Å²) in [7, 11) is 0. The van der Waals surface area contributed by atoms with Gasteiger partial charge in [0.1, 0.15) is 5.82 Å². The second-order valence-electron chi connectivity index (χ2n) is 7.66. The summed E-state index contributed by atoms with van der Waals surface area (Å²) in [5, 5.41) is 6.50. The molecule has 0 aromatic carbocycles. The Labute approximate surface area is 168 Å². The number of aromatic nitrogens is 1. The molecule has 1 amide bonds. The third kappa shape index (κ3) is 4.62. The van der Waals surface area contributed by atoms with E-state index in [-0.39, 0.29) is 36.6 Å². The van der Waals surface area contributed by atoms with Crippen molar-refractivity contribution in [1.29, 1.82) is 0 Å². The molecule has 3 heterocycles. The highest BCUT2D eigenvalue weighted by atomic mass is 35.5. The maximum absolute atomic E-state index is 12.4. The van der Waals surface area contributed by atoms with E-state index in [0.717, 1.165) is 56.8 Å². The Hall–Kier alpha value is -1.04. The van der Waals surface area contributed by atoms with Crippen molar-refractivity contribution in [2.45, 2.75) is 45.1 Å². The standard InChI is InChI=1S/C19H28N4O.2ClH/c24-18(16-12-19(16)6-8-20-9-7-19)22-14-15-4-5-17(21-13-15)23-10-2-1-3-11-23;;/h4-5,13,16,20H,1-3,6-12,14H2,(H,22,24);2*1H. The van der Waals surface area contributed by atoms with E-state index in [4.69, 9.17) is 0 Å². The van der Waals surface area contributed by atoms with Crippen LogP contribution >= 0.6 is 24.8 Å². The van der Waals surface area contributed by atoms with Crippen LogP contribution in [0.1, 0.15) is 44.1 Å². The van der Waals surface area contributed by atoms with E-state index in [0.29, 0.717) is 12.0 Å². The highest BCUT2D eigenvalue weighted by molar-refractivity contribution is 5.85. The van der Waals surface area contributed by atoms with Crippen LogP contribution in [-0.2, 0) is 11.3 Å². The minimum atomic E-state index is 0. The lowest BCUT2D eigenvalue weighted by molar-refractivity contribution is -0.123. The van der Waals surface area contributed by atoms with Gasteiger partial charge in [-0.1, -0.05) is 6.07 Å². The van der Waals surface area contributed by atoms with Gasteiger partial charge in [0.25, 0.3) is 0 Å². The number of amides is 1. The van der Waals surface area contributed by atoms with E-state index < -0.39 is 0 Å². The van der Waals surface area contributed by atoms with Gasteiger partial charge in [0, 0.05) is 31.7 Å². The van der Waals surface area contributed by atoms with Crippen molar-refractivity contribution in [3.63, 3.8) is 0 Å². The Kier molecular flexibility index (Phi) is 7.56. The molecule has 1 unspecified atom stereocenters. The minimum Gasteiger partial charge on any atom is -0.357 e. The predicted octanol–water partition coefficient (Wildman–Crippen LogP) is 2.92. The van der Waals surface area contributed by atoms with Crippen LogP contribution in [0.2, 0.25) is 0 Å². The fourth-order valence-electron chi connectivity index (χ4n) is 4.34. The molecule has 1 aliphatic carbocycles. The van der Waals surface area contributed by atoms with Crippen molar-refractivity contribution in [3.05, 3.63) is 23.9 Å². The SMILES string of the molecule is Cl.Cl.O=C(NCc1ccc(N2CCCCC2)nc1)C1CC12CCNCC2. The molecular formula is C19H30Cl2N4O. The first-order valence-electron chi connectivity index (χ1n) is 9.45. The number of hydrogen-bond acceptors (Lipinski definition) is 4. The Morgan fingerprint density at radius 2 is 1.92 bits per heavy atom. The molecule has 1 spiro atoms. The highest BCUT2D eigenvalue weighted by Gasteiger charge is 2.57. The molecule has 0 radical (unpaired) electrons. The van der Waals surface area contributed by atoms with Gasteiger partial charge >= 0.3 is 0 Å². The van der Waals surface area contributed by atoms with Gasteiger partial charge < -0.3 is 15.5 Å². The Morgan fingerprint density at radius 1 is 1.19 bits per heavy atom. The van der Waals surface area contributed by atoms with E-state index in [9.17, 15) is 4.79 Å². The van der Waals surface area contributed by atoms with E-state index in [2.05, 4.69) is 32.7 Å². The average molecular weight is 401 g/mol.